The highest BCUT2D eigenvalue weighted by Crippen LogP contribution is 2.20. The highest BCUT2D eigenvalue weighted by atomic mass is 19.1. The van der Waals surface area contributed by atoms with Crippen LogP contribution in [0.2, 0.25) is 0 Å². The average Bonchev–Trinajstić information content (AvgIpc) is 2.81. The van der Waals surface area contributed by atoms with E-state index in [1.807, 2.05) is 0 Å². The first-order chi connectivity index (χ1) is 9.66. The number of carbonyl (C=O) groups excluding carboxylic acids is 1. The van der Waals surface area contributed by atoms with Crippen molar-refractivity contribution in [3.63, 3.8) is 0 Å². The van der Waals surface area contributed by atoms with Crippen LogP contribution in [0.1, 0.15) is 27.3 Å². The molecule has 0 radical (unpaired) electrons. The fourth-order valence-corrected chi connectivity index (χ4v) is 2.54. The van der Waals surface area contributed by atoms with Gasteiger partial charge in [-0.3, -0.25) is 9.48 Å². The molecule has 3 N–H and O–H groups in total. The van der Waals surface area contributed by atoms with E-state index in [0.29, 0.717) is 18.7 Å². The lowest BCUT2D eigenvalue weighted by atomic mass is 10.1. The Morgan fingerprint density at radius 2 is 2.25 bits per heavy atom. The summed E-state index contributed by atoms with van der Waals surface area (Å²) in [4.78, 5) is 11.5. The van der Waals surface area contributed by atoms with Crippen LogP contribution in [0.5, 0.6) is 0 Å². The molecular weight excluding hydrogens is 259 g/mol. The van der Waals surface area contributed by atoms with Gasteiger partial charge in [-0.2, -0.15) is 5.10 Å². The van der Waals surface area contributed by atoms with Gasteiger partial charge in [0.25, 0.3) is 5.91 Å². The van der Waals surface area contributed by atoms with Crippen LogP contribution < -0.4 is 11.1 Å². The standard InChI is InChI=1S/C14H15FN4O/c15-11-4-2-1-3-9(11)8-19-12-5-6-17-7-10(12)13(18-19)14(16)20/h1-4,17H,5-8H2,(H2,16,20). The zero-order valence-corrected chi connectivity index (χ0v) is 10.9. The molecule has 0 aliphatic carbocycles. The Bertz CT molecular complexity index is 665. The molecule has 1 amide bonds. The number of benzene rings is 1. The van der Waals surface area contributed by atoms with Crippen LogP contribution in [0.3, 0.4) is 0 Å². The van der Waals surface area contributed by atoms with Crippen molar-refractivity contribution in [2.45, 2.75) is 19.5 Å². The SMILES string of the molecule is NC(=O)c1nn(Cc2ccccc2F)c2c1CNCC2. The van der Waals surface area contributed by atoms with Crippen LogP contribution in [-0.2, 0) is 19.5 Å². The Morgan fingerprint density at radius 1 is 1.45 bits per heavy atom. The van der Waals surface area contributed by atoms with Crippen molar-refractivity contribution in [2.24, 2.45) is 5.73 Å². The molecule has 1 aliphatic rings. The lowest BCUT2D eigenvalue weighted by Crippen LogP contribution is -2.26. The van der Waals surface area contributed by atoms with E-state index in [2.05, 4.69) is 10.4 Å². The molecule has 20 heavy (non-hydrogen) atoms. The zero-order valence-electron chi connectivity index (χ0n) is 10.9. The molecule has 5 nitrogen and oxygen atoms in total. The van der Waals surface area contributed by atoms with Crippen LogP contribution in [0, 0.1) is 5.82 Å². The topological polar surface area (TPSA) is 72.9 Å². The number of hydrogen-bond acceptors (Lipinski definition) is 3. The number of carbonyl (C=O) groups is 1. The molecule has 0 bridgehead atoms. The molecule has 1 aromatic heterocycles. The third-order valence-corrected chi connectivity index (χ3v) is 3.52. The van der Waals surface area contributed by atoms with Gasteiger partial charge in [-0.15, -0.1) is 0 Å². The normalized spacial score (nSPS) is 14.1. The summed E-state index contributed by atoms with van der Waals surface area (Å²) in [5.41, 5.74) is 7.98. The molecule has 0 unspecified atom stereocenters. The van der Waals surface area contributed by atoms with E-state index in [-0.39, 0.29) is 11.5 Å². The van der Waals surface area contributed by atoms with E-state index in [4.69, 9.17) is 5.73 Å². The molecule has 1 aromatic carbocycles. The van der Waals surface area contributed by atoms with Crippen LogP contribution in [0.4, 0.5) is 4.39 Å². The smallest absolute Gasteiger partial charge is 0.269 e. The van der Waals surface area contributed by atoms with Gasteiger partial charge >= 0.3 is 0 Å². The van der Waals surface area contributed by atoms with Crippen molar-refractivity contribution < 1.29 is 9.18 Å². The Hall–Kier alpha value is -2.21. The Kier molecular flexibility index (Phi) is 3.23. The minimum absolute atomic E-state index is 0.272. The van der Waals surface area contributed by atoms with Crippen molar-refractivity contribution >= 4 is 5.91 Å². The summed E-state index contributed by atoms with van der Waals surface area (Å²) in [5, 5.41) is 7.45. The highest BCUT2D eigenvalue weighted by molar-refractivity contribution is 5.92. The van der Waals surface area contributed by atoms with Gasteiger partial charge in [-0.1, -0.05) is 18.2 Å². The number of fused-ring (bicyclic) bond motifs is 1. The molecule has 0 saturated carbocycles. The summed E-state index contributed by atoms with van der Waals surface area (Å²) in [6, 6.07) is 6.57. The maximum absolute atomic E-state index is 13.7. The number of nitrogens with one attached hydrogen (secondary N) is 1. The average molecular weight is 274 g/mol. The van der Waals surface area contributed by atoms with E-state index in [0.717, 1.165) is 24.2 Å². The number of amides is 1. The predicted octanol–water partition coefficient (Wildman–Crippen LogP) is 0.815. The first-order valence-electron chi connectivity index (χ1n) is 6.49. The van der Waals surface area contributed by atoms with Gasteiger partial charge in [0.05, 0.1) is 6.54 Å². The molecule has 3 rings (SSSR count). The van der Waals surface area contributed by atoms with E-state index >= 15 is 0 Å². The molecule has 2 aromatic rings. The number of nitrogens with two attached hydrogens (primary N) is 1. The summed E-state index contributed by atoms with van der Waals surface area (Å²) in [5.74, 6) is -0.816. The largest absolute Gasteiger partial charge is 0.364 e. The highest BCUT2D eigenvalue weighted by Gasteiger charge is 2.23. The Morgan fingerprint density at radius 3 is 3.00 bits per heavy atom. The number of hydrogen-bond donors (Lipinski definition) is 2. The van der Waals surface area contributed by atoms with Crippen LogP contribution in [0.15, 0.2) is 24.3 Å². The fraction of sp³-hybridized carbons (Fsp3) is 0.286. The number of nitrogens with zero attached hydrogens (tertiary/aromatic N) is 2. The second-order valence-corrected chi connectivity index (χ2v) is 4.81. The minimum Gasteiger partial charge on any atom is -0.364 e. The fourth-order valence-electron chi connectivity index (χ4n) is 2.54. The third-order valence-electron chi connectivity index (χ3n) is 3.52. The molecule has 0 spiro atoms. The lowest BCUT2D eigenvalue weighted by Gasteiger charge is -2.15. The van der Waals surface area contributed by atoms with Gasteiger partial charge in [-0.25, -0.2) is 4.39 Å². The number of primary amides is 1. The minimum atomic E-state index is -0.544. The summed E-state index contributed by atoms with van der Waals surface area (Å²) in [7, 11) is 0. The second-order valence-electron chi connectivity index (χ2n) is 4.81. The number of rotatable bonds is 3. The number of aromatic nitrogens is 2. The zero-order chi connectivity index (χ0) is 14.1. The van der Waals surface area contributed by atoms with Gasteiger partial charge in [0.15, 0.2) is 5.69 Å². The lowest BCUT2D eigenvalue weighted by molar-refractivity contribution is 0.0993. The first kappa shape index (κ1) is 12.8. The number of halogens is 1. The van der Waals surface area contributed by atoms with Crippen LogP contribution in [0.25, 0.3) is 0 Å². The monoisotopic (exact) mass is 274 g/mol. The quantitative estimate of drug-likeness (QED) is 0.870. The summed E-state index contributed by atoms with van der Waals surface area (Å²) >= 11 is 0. The molecule has 1 aliphatic heterocycles. The van der Waals surface area contributed by atoms with Gasteiger partial charge in [-0.05, 0) is 6.07 Å². The van der Waals surface area contributed by atoms with E-state index in [9.17, 15) is 9.18 Å². The van der Waals surface area contributed by atoms with Crippen LogP contribution in [-0.4, -0.2) is 22.2 Å². The Balaban J connectivity index is 2.02. The molecule has 0 fully saturated rings. The summed E-state index contributed by atoms with van der Waals surface area (Å²) in [6.45, 7) is 1.70. The molecule has 0 saturated heterocycles. The van der Waals surface area contributed by atoms with Crippen molar-refractivity contribution in [3.8, 4) is 0 Å². The second kappa shape index (κ2) is 5.05. The van der Waals surface area contributed by atoms with Gasteiger partial charge in [0.1, 0.15) is 5.82 Å². The van der Waals surface area contributed by atoms with Gasteiger partial charge in [0, 0.05) is 36.3 Å². The maximum atomic E-state index is 13.7. The molecule has 6 heteroatoms. The van der Waals surface area contributed by atoms with Gasteiger partial charge < -0.3 is 11.1 Å². The summed E-state index contributed by atoms with van der Waals surface area (Å²) < 4.78 is 15.4. The van der Waals surface area contributed by atoms with E-state index in [1.54, 1.807) is 22.9 Å². The Labute approximate surface area is 115 Å². The van der Waals surface area contributed by atoms with E-state index in [1.165, 1.54) is 6.07 Å². The first-order valence-corrected chi connectivity index (χ1v) is 6.49. The van der Waals surface area contributed by atoms with Crippen molar-refractivity contribution in [1.82, 2.24) is 15.1 Å². The maximum Gasteiger partial charge on any atom is 0.269 e. The molecule has 104 valence electrons. The molecule has 2 heterocycles. The van der Waals surface area contributed by atoms with Crippen molar-refractivity contribution in [1.29, 1.82) is 0 Å². The molecular formula is C14H15FN4O. The third kappa shape index (κ3) is 2.18. The van der Waals surface area contributed by atoms with Crippen molar-refractivity contribution in [2.75, 3.05) is 6.54 Å². The van der Waals surface area contributed by atoms with Crippen LogP contribution >= 0.6 is 0 Å². The predicted molar refractivity (Wildman–Crippen MR) is 71.7 cm³/mol. The van der Waals surface area contributed by atoms with E-state index < -0.39 is 5.91 Å². The van der Waals surface area contributed by atoms with Gasteiger partial charge in [0.2, 0.25) is 0 Å². The summed E-state index contributed by atoms with van der Waals surface area (Å²) in [6.07, 6.45) is 0.754. The van der Waals surface area contributed by atoms with Crippen molar-refractivity contribution in [3.05, 3.63) is 52.6 Å². The molecule has 0 atom stereocenters.